The molecule has 3 rings (SSSR count). The Morgan fingerprint density at radius 3 is 3.05 bits per heavy atom. The van der Waals surface area contributed by atoms with Crippen LogP contribution in [0.25, 0.3) is 0 Å². The number of hydrogen-bond acceptors (Lipinski definition) is 3. The van der Waals surface area contributed by atoms with E-state index in [-0.39, 0.29) is 5.02 Å². The van der Waals surface area contributed by atoms with Gasteiger partial charge < -0.3 is 5.32 Å². The van der Waals surface area contributed by atoms with Crippen LogP contribution in [0.3, 0.4) is 0 Å². The second kappa shape index (κ2) is 5.89. The van der Waals surface area contributed by atoms with Crippen LogP contribution in [0.5, 0.6) is 0 Å². The molecule has 0 bridgehead atoms. The highest BCUT2D eigenvalue weighted by Crippen LogP contribution is 2.27. The third-order valence-electron chi connectivity index (χ3n) is 3.39. The molecule has 0 aliphatic heterocycles. The van der Waals surface area contributed by atoms with E-state index < -0.39 is 5.82 Å². The van der Waals surface area contributed by atoms with E-state index in [2.05, 4.69) is 15.6 Å². The molecule has 1 aromatic carbocycles. The van der Waals surface area contributed by atoms with Gasteiger partial charge in [0.05, 0.1) is 23.5 Å². The van der Waals surface area contributed by atoms with E-state index in [4.69, 9.17) is 11.6 Å². The zero-order valence-corrected chi connectivity index (χ0v) is 11.8. The Kier molecular flexibility index (Phi) is 3.98. The molecule has 1 N–H and O–H groups in total. The van der Waals surface area contributed by atoms with Crippen molar-refractivity contribution in [2.24, 2.45) is 5.92 Å². The minimum Gasteiger partial charge on any atom is -0.311 e. The van der Waals surface area contributed by atoms with Crippen molar-refractivity contribution in [1.29, 1.82) is 0 Å². The fraction of sp³-hybridized carbons (Fsp3) is 0.429. The van der Waals surface area contributed by atoms with Crippen molar-refractivity contribution in [3.63, 3.8) is 0 Å². The van der Waals surface area contributed by atoms with E-state index in [1.165, 1.54) is 18.9 Å². The Bertz CT molecular complexity index is 595. The van der Waals surface area contributed by atoms with Crippen LogP contribution in [0.2, 0.25) is 5.02 Å². The van der Waals surface area contributed by atoms with Crippen molar-refractivity contribution < 1.29 is 4.39 Å². The standard InChI is InChI=1S/C14H16ClFN4/c15-13-3-1-2-11(14(13)16)8-20-9-12(18-19-20)7-17-6-10-4-5-10/h1-3,9-10,17H,4-8H2. The zero-order valence-electron chi connectivity index (χ0n) is 11.0. The van der Waals surface area contributed by atoms with Crippen molar-refractivity contribution in [3.05, 3.63) is 46.5 Å². The fourth-order valence-electron chi connectivity index (χ4n) is 2.07. The summed E-state index contributed by atoms with van der Waals surface area (Å²) in [7, 11) is 0. The first-order chi connectivity index (χ1) is 9.72. The van der Waals surface area contributed by atoms with Crippen molar-refractivity contribution in [2.75, 3.05) is 6.54 Å². The highest BCUT2D eigenvalue weighted by Gasteiger charge is 2.20. The number of rotatable bonds is 6. The van der Waals surface area contributed by atoms with E-state index in [0.29, 0.717) is 18.7 Å². The summed E-state index contributed by atoms with van der Waals surface area (Å²) in [4.78, 5) is 0. The number of benzene rings is 1. The topological polar surface area (TPSA) is 42.7 Å². The molecule has 0 radical (unpaired) electrons. The summed E-state index contributed by atoms with van der Waals surface area (Å²) in [5, 5.41) is 11.6. The first-order valence-electron chi connectivity index (χ1n) is 6.75. The van der Waals surface area contributed by atoms with E-state index in [1.807, 2.05) is 6.20 Å². The molecular weight excluding hydrogens is 279 g/mol. The van der Waals surface area contributed by atoms with E-state index >= 15 is 0 Å². The molecule has 0 amide bonds. The molecule has 0 atom stereocenters. The lowest BCUT2D eigenvalue weighted by molar-refractivity contribution is 0.577. The second-order valence-corrected chi connectivity index (χ2v) is 5.60. The SMILES string of the molecule is Fc1c(Cl)cccc1Cn1cc(CNCC2CC2)nn1. The van der Waals surface area contributed by atoms with Crippen LogP contribution in [0, 0.1) is 11.7 Å². The van der Waals surface area contributed by atoms with Gasteiger partial charge in [-0.3, -0.25) is 0 Å². The molecule has 1 saturated carbocycles. The average Bonchev–Trinajstić information content (AvgIpc) is 3.15. The van der Waals surface area contributed by atoms with Crippen molar-refractivity contribution in [1.82, 2.24) is 20.3 Å². The van der Waals surface area contributed by atoms with Crippen LogP contribution < -0.4 is 5.32 Å². The maximum Gasteiger partial charge on any atom is 0.146 e. The van der Waals surface area contributed by atoms with Crippen LogP contribution in [-0.2, 0) is 13.1 Å². The third kappa shape index (κ3) is 3.35. The molecule has 20 heavy (non-hydrogen) atoms. The number of nitrogens with zero attached hydrogens (tertiary/aromatic N) is 3. The minimum absolute atomic E-state index is 0.133. The highest BCUT2D eigenvalue weighted by atomic mass is 35.5. The van der Waals surface area contributed by atoms with Gasteiger partial charge in [-0.25, -0.2) is 9.07 Å². The lowest BCUT2D eigenvalue weighted by Gasteiger charge is -2.03. The molecule has 6 heteroatoms. The Labute approximate surface area is 121 Å². The molecule has 106 valence electrons. The van der Waals surface area contributed by atoms with Crippen LogP contribution in [-0.4, -0.2) is 21.5 Å². The number of halogens is 2. The molecule has 4 nitrogen and oxygen atoms in total. The normalized spacial score (nSPS) is 14.7. The fourth-order valence-corrected chi connectivity index (χ4v) is 2.26. The van der Waals surface area contributed by atoms with Gasteiger partial charge in [-0.1, -0.05) is 28.9 Å². The monoisotopic (exact) mass is 294 g/mol. The average molecular weight is 295 g/mol. The maximum atomic E-state index is 13.8. The Morgan fingerprint density at radius 2 is 2.25 bits per heavy atom. The first-order valence-corrected chi connectivity index (χ1v) is 7.13. The molecule has 1 fully saturated rings. The predicted octanol–water partition coefficient (Wildman–Crippen LogP) is 2.62. The first kappa shape index (κ1) is 13.5. The Balaban J connectivity index is 1.59. The van der Waals surface area contributed by atoms with Gasteiger partial charge >= 0.3 is 0 Å². The lowest BCUT2D eigenvalue weighted by atomic mass is 10.2. The predicted molar refractivity (Wildman–Crippen MR) is 75.0 cm³/mol. The largest absolute Gasteiger partial charge is 0.311 e. The zero-order chi connectivity index (χ0) is 13.9. The van der Waals surface area contributed by atoms with Crippen LogP contribution >= 0.6 is 11.6 Å². The third-order valence-corrected chi connectivity index (χ3v) is 3.68. The van der Waals surface area contributed by atoms with E-state index in [0.717, 1.165) is 18.2 Å². The van der Waals surface area contributed by atoms with Gasteiger partial charge in [0, 0.05) is 12.1 Å². The number of hydrogen-bond donors (Lipinski definition) is 1. The molecule has 1 aromatic heterocycles. The smallest absolute Gasteiger partial charge is 0.146 e. The van der Waals surface area contributed by atoms with Crippen molar-refractivity contribution >= 4 is 11.6 Å². The lowest BCUT2D eigenvalue weighted by Crippen LogP contribution is -2.16. The van der Waals surface area contributed by atoms with Gasteiger partial charge in [0.1, 0.15) is 5.82 Å². The summed E-state index contributed by atoms with van der Waals surface area (Å²) in [6, 6.07) is 4.97. The molecule has 0 spiro atoms. The molecule has 1 aliphatic rings. The summed E-state index contributed by atoms with van der Waals surface area (Å²) in [5.41, 5.74) is 1.38. The maximum absolute atomic E-state index is 13.8. The Morgan fingerprint density at radius 1 is 1.40 bits per heavy atom. The van der Waals surface area contributed by atoms with Crippen molar-refractivity contribution in [2.45, 2.75) is 25.9 Å². The summed E-state index contributed by atoms with van der Waals surface area (Å²) in [5.74, 6) is 0.448. The van der Waals surface area contributed by atoms with Gasteiger partial charge in [0.25, 0.3) is 0 Å². The van der Waals surface area contributed by atoms with E-state index in [1.54, 1.807) is 16.8 Å². The van der Waals surface area contributed by atoms with Crippen molar-refractivity contribution in [3.8, 4) is 0 Å². The van der Waals surface area contributed by atoms with Gasteiger partial charge in [-0.2, -0.15) is 0 Å². The summed E-state index contributed by atoms with van der Waals surface area (Å²) in [6.07, 6.45) is 4.49. The number of nitrogens with one attached hydrogen (secondary N) is 1. The minimum atomic E-state index is -0.391. The van der Waals surface area contributed by atoms with Crippen LogP contribution in [0.4, 0.5) is 4.39 Å². The second-order valence-electron chi connectivity index (χ2n) is 5.19. The summed E-state index contributed by atoms with van der Waals surface area (Å²) < 4.78 is 15.4. The van der Waals surface area contributed by atoms with Gasteiger partial charge in [0.2, 0.25) is 0 Å². The van der Waals surface area contributed by atoms with Crippen LogP contribution in [0.15, 0.2) is 24.4 Å². The van der Waals surface area contributed by atoms with Crippen LogP contribution in [0.1, 0.15) is 24.1 Å². The molecule has 1 aliphatic carbocycles. The molecular formula is C14H16ClFN4. The van der Waals surface area contributed by atoms with E-state index in [9.17, 15) is 4.39 Å². The molecule has 0 unspecified atom stereocenters. The quantitative estimate of drug-likeness (QED) is 0.890. The summed E-state index contributed by atoms with van der Waals surface area (Å²) >= 11 is 5.76. The molecule has 0 saturated heterocycles. The Hall–Kier alpha value is -1.46. The molecule has 2 aromatic rings. The summed E-state index contributed by atoms with van der Waals surface area (Å²) in [6.45, 7) is 2.08. The number of aromatic nitrogens is 3. The van der Waals surface area contributed by atoms with Gasteiger partial charge in [-0.15, -0.1) is 5.10 Å². The van der Waals surface area contributed by atoms with Gasteiger partial charge in [0.15, 0.2) is 0 Å². The van der Waals surface area contributed by atoms with Gasteiger partial charge in [-0.05, 0) is 31.4 Å². The molecule has 1 heterocycles. The highest BCUT2D eigenvalue weighted by molar-refractivity contribution is 6.30.